The highest BCUT2D eigenvalue weighted by atomic mass is 79.9. The second-order valence-electron chi connectivity index (χ2n) is 3.61. The first-order valence-electron chi connectivity index (χ1n) is 5.38. The number of hydrogen-bond acceptors (Lipinski definition) is 2. The van der Waals surface area contributed by atoms with Gasteiger partial charge in [-0.05, 0) is 24.6 Å². The summed E-state index contributed by atoms with van der Waals surface area (Å²) in [5.74, 6) is 0.673. The minimum Gasteiger partial charge on any atom is -0.496 e. The predicted molar refractivity (Wildman–Crippen MR) is 70.7 cm³/mol. The van der Waals surface area contributed by atoms with Gasteiger partial charge >= 0.3 is 0 Å². The van der Waals surface area contributed by atoms with Crippen LogP contribution in [-0.2, 0) is 4.74 Å². The maximum Gasteiger partial charge on any atom is 0.261 e. The molecular formula is C12H14BrClF2O2. The summed E-state index contributed by atoms with van der Waals surface area (Å²) in [6, 6.07) is 5.50. The van der Waals surface area contributed by atoms with Crippen LogP contribution in [-0.4, -0.2) is 26.7 Å². The molecule has 0 aliphatic carbocycles. The van der Waals surface area contributed by atoms with Crippen LogP contribution in [0.25, 0.3) is 0 Å². The first-order valence-corrected chi connectivity index (χ1v) is 6.61. The van der Waals surface area contributed by atoms with Gasteiger partial charge in [-0.15, -0.1) is 11.6 Å². The molecule has 0 N–H and O–H groups in total. The molecular weight excluding hydrogens is 329 g/mol. The Hall–Kier alpha value is -0.390. The molecule has 102 valence electrons. The molecule has 0 saturated carbocycles. The molecule has 0 heterocycles. The van der Waals surface area contributed by atoms with Gasteiger partial charge in [0.15, 0.2) is 0 Å². The smallest absolute Gasteiger partial charge is 0.261 e. The van der Waals surface area contributed by atoms with Crippen LogP contribution in [0, 0.1) is 0 Å². The van der Waals surface area contributed by atoms with Crippen molar-refractivity contribution >= 4 is 27.5 Å². The average Bonchev–Trinajstić information content (AvgIpc) is 2.34. The highest BCUT2D eigenvalue weighted by Crippen LogP contribution is 2.34. The maximum absolute atomic E-state index is 11.9. The third-order valence-corrected chi connectivity index (χ3v) is 3.24. The lowest BCUT2D eigenvalue weighted by atomic mass is 10.1. The lowest BCUT2D eigenvalue weighted by Gasteiger charge is -2.14. The van der Waals surface area contributed by atoms with Crippen LogP contribution in [0.4, 0.5) is 8.78 Å². The number of methoxy groups -OCH3 is 1. The van der Waals surface area contributed by atoms with Crippen molar-refractivity contribution in [1.29, 1.82) is 0 Å². The quantitative estimate of drug-likeness (QED) is 0.539. The van der Waals surface area contributed by atoms with Gasteiger partial charge in [0.25, 0.3) is 6.43 Å². The second-order valence-corrected chi connectivity index (χ2v) is 5.05. The Labute approximate surface area is 118 Å². The summed E-state index contributed by atoms with van der Waals surface area (Å²) in [6.07, 6.45) is -2.00. The molecule has 0 saturated heterocycles. The number of benzene rings is 1. The maximum atomic E-state index is 11.9. The standard InChI is InChI=1S/C12H14BrClF2O2/c1-17-11-3-2-8(13)6-9(11)10(14)4-5-18-7-12(15)16/h2-3,6,10,12H,4-5,7H2,1H3. The molecule has 6 heteroatoms. The predicted octanol–water partition coefficient (Wildman–Crippen LogP) is 4.41. The lowest BCUT2D eigenvalue weighted by Crippen LogP contribution is -2.07. The Bertz CT molecular complexity index is 377. The van der Waals surface area contributed by atoms with E-state index >= 15 is 0 Å². The molecule has 0 spiro atoms. The van der Waals surface area contributed by atoms with Crippen molar-refractivity contribution in [2.45, 2.75) is 18.2 Å². The summed E-state index contributed by atoms with van der Waals surface area (Å²) in [5.41, 5.74) is 0.814. The third-order valence-electron chi connectivity index (χ3n) is 2.29. The monoisotopic (exact) mass is 342 g/mol. The van der Waals surface area contributed by atoms with Gasteiger partial charge in [-0.1, -0.05) is 15.9 Å². The fourth-order valence-corrected chi connectivity index (χ4v) is 2.10. The highest BCUT2D eigenvalue weighted by Gasteiger charge is 2.14. The molecule has 1 rings (SSSR count). The summed E-state index contributed by atoms with van der Waals surface area (Å²) < 4.78 is 34.6. The van der Waals surface area contributed by atoms with Gasteiger partial charge in [-0.2, -0.15) is 0 Å². The van der Waals surface area contributed by atoms with Gasteiger partial charge in [-0.3, -0.25) is 0 Å². The number of ether oxygens (including phenoxy) is 2. The molecule has 2 nitrogen and oxygen atoms in total. The van der Waals surface area contributed by atoms with E-state index in [9.17, 15) is 8.78 Å². The van der Waals surface area contributed by atoms with E-state index in [-0.39, 0.29) is 12.0 Å². The van der Waals surface area contributed by atoms with E-state index in [0.717, 1.165) is 10.0 Å². The van der Waals surface area contributed by atoms with Crippen LogP contribution in [0.3, 0.4) is 0 Å². The zero-order chi connectivity index (χ0) is 13.5. The highest BCUT2D eigenvalue weighted by molar-refractivity contribution is 9.10. The van der Waals surface area contributed by atoms with Crippen LogP contribution < -0.4 is 4.74 Å². The molecule has 1 aromatic rings. The van der Waals surface area contributed by atoms with Crippen molar-refractivity contribution in [2.75, 3.05) is 20.3 Å². The van der Waals surface area contributed by atoms with Gasteiger partial charge in [0.1, 0.15) is 12.4 Å². The Balaban J connectivity index is 2.55. The van der Waals surface area contributed by atoms with Gasteiger partial charge in [0, 0.05) is 16.6 Å². The zero-order valence-electron chi connectivity index (χ0n) is 9.84. The van der Waals surface area contributed by atoms with Gasteiger partial charge in [-0.25, -0.2) is 8.78 Å². The molecule has 1 unspecified atom stereocenters. The van der Waals surface area contributed by atoms with Crippen LogP contribution in [0.2, 0.25) is 0 Å². The normalized spacial score (nSPS) is 12.8. The summed E-state index contributed by atoms with van der Waals surface area (Å²) >= 11 is 9.56. The number of rotatable bonds is 7. The van der Waals surface area contributed by atoms with Crippen molar-refractivity contribution in [3.05, 3.63) is 28.2 Å². The van der Waals surface area contributed by atoms with Crippen molar-refractivity contribution in [2.24, 2.45) is 0 Å². The van der Waals surface area contributed by atoms with E-state index in [4.69, 9.17) is 21.1 Å². The first-order chi connectivity index (χ1) is 8.54. The zero-order valence-corrected chi connectivity index (χ0v) is 12.2. The molecule has 0 fully saturated rings. The van der Waals surface area contributed by atoms with E-state index in [1.165, 1.54) is 0 Å². The molecule has 18 heavy (non-hydrogen) atoms. The van der Waals surface area contributed by atoms with Gasteiger partial charge in [0.2, 0.25) is 0 Å². The minimum absolute atomic E-state index is 0.189. The molecule has 0 radical (unpaired) electrons. The molecule has 1 atom stereocenters. The average molecular weight is 344 g/mol. The minimum atomic E-state index is -2.45. The number of halogens is 4. The molecule has 0 aromatic heterocycles. The van der Waals surface area contributed by atoms with E-state index in [2.05, 4.69) is 15.9 Å². The van der Waals surface area contributed by atoms with Crippen LogP contribution in [0.5, 0.6) is 5.75 Å². The molecule has 0 bridgehead atoms. The van der Waals surface area contributed by atoms with Crippen molar-refractivity contribution < 1.29 is 18.3 Å². The van der Waals surface area contributed by atoms with Crippen molar-refractivity contribution in [1.82, 2.24) is 0 Å². The van der Waals surface area contributed by atoms with Crippen LogP contribution in [0.15, 0.2) is 22.7 Å². The van der Waals surface area contributed by atoms with Gasteiger partial charge < -0.3 is 9.47 Å². The summed E-state index contributed by atoms with van der Waals surface area (Å²) in [5, 5.41) is -0.338. The number of hydrogen-bond donors (Lipinski definition) is 0. The van der Waals surface area contributed by atoms with Crippen molar-refractivity contribution in [3.8, 4) is 5.75 Å². The molecule has 0 aliphatic heterocycles. The summed E-state index contributed by atoms with van der Waals surface area (Å²) in [4.78, 5) is 0. The van der Waals surface area contributed by atoms with Crippen LogP contribution in [0.1, 0.15) is 17.4 Å². The molecule has 1 aromatic carbocycles. The first kappa shape index (κ1) is 15.7. The summed E-state index contributed by atoms with van der Waals surface area (Å²) in [7, 11) is 1.56. The van der Waals surface area contributed by atoms with Crippen molar-refractivity contribution in [3.63, 3.8) is 0 Å². The fraction of sp³-hybridized carbons (Fsp3) is 0.500. The topological polar surface area (TPSA) is 18.5 Å². The largest absolute Gasteiger partial charge is 0.496 e. The SMILES string of the molecule is COc1ccc(Br)cc1C(Cl)CCOCC(F)F. The van der Waals surface area contributed by atoms with Crippen LogP contribution >= 0.6 is 27.5 Å². The van der Waals surface area contributed by atoms with Gasteiger partial charge in [0.05, 0.1) is 12.5 Å². The Morgan fingerprint density at radius 1 is 1.39 bits per heavy atom. The van der Waals surface area contributed by atoms with E-state index in [0.29, 0.717) is 12.2 Å². The van der Waals surface area contributed by atoms with E-state index in [1.807, 2.05) is 12.1 Å². The fourth-order valence-electron chi connectivity index (χ4n) is 1.46. The van der Waals surface area contributed by atoms with E-state index in [1.54, 1.807) is 13.2 Å². The second kappa shape index (κ2) is 7.92. The summed E-state index contributed by atoms with van der Waals surface area (Å²) in [6.45, 7) is -0.368. The van der Waals surface area contributed by atoms with E-state index < -0.39 is 13.0 Å². The third kappa shape index (κ3) is 5.08. The molecule has 0 amide bonds. The Morgan fingerprint density at radius 3 is 2.72 bits per heavy atom. The molecule has 0 aliphatic rings. The Morgan fingerprint density at radius 2 is 2.11 bits per heavy atom. The lowest BCUT2D eigenvalue weighted by molar-refractivity contribution is 0.0165. The Kier molecular flexibility index (Phi) is 6.89. The number of alkyl halides is 3.